The second kappa shape index (κ2) is 14.6. The van der Waals surface area contributed by atoms with E-state index in [4.69, 9.17) is 18.9 Å². The van der Waals surface area contributed by atoms with Crippen molar-refractivity contribution >= 4 is 35.7 Å². The number of carbonyl (C=O) groups excluding carboxylic acids is 4. The molecular formula is C45H52O8. The van der Waals surface area contributed by atoms with E-state index in [0.717, 1.165) is 44.9 Å². The lowest BCUT2D eigenvalue weighted by molar-refractivity contribution is -0.162. The number of rotatable bonds is 14. The van der Waals surface area contributed by atoms with Crippen molar-refractivity contribution in [1.29, 1.82) is 0 Å². The van der Waals surface area contributed by atoms with Crippen molar-refractivity contribution in [2.75, 3.05) is 13.7 Å². The number of benzene rings is 2. The Labute approximate surface area is 312 Å². The molecule has 8 saturated carbocycles. The summed E-state index contributed by atoms with van der Waals surface area (Å²) in [5.41, 5.74) is 0.651. The van der Waals surface area contributed by atoms with Crippen LogP contribution in [0.3, 0.4) is 0 Å². The highest BCUT2D eigenvalue weighted by Gasteiger charge is 2.57. The van der Waals surface area contributed by atoms with Gasteiger partial charge in [-0.2, -0.15) is 0 Å². The smallest absolute Gasteiger partial charge is 0.317 e. The van der Waals surface area contributed by atoms with E-state index < -0.39 is 0 Å². The SMILES string of the molecule is CCCOc1cc(/C=C/C(=O)CC(=O)/C=C/c2ccc(OC(=O)C34CC5CC(CC(C5)C3)C4)c(OC)c2)ccc1OC(=O)C12CC3CC(CC(C3)C1)C2. The van der Waals surface area contributed by atoms with E-state index >= 15 is 0 Å². The molecular weight excluding hydrogens is 668 g/mol. The number of esters is 2. The Bertz CT molecular complexity index is 1760. The Hall–Kier alpha value is -4.20. The fourth-order valence-electron chi connectivity index (χ4n) is 11.7. The van der Waals surface area contributed by atoms with Gasteiger partial charge in [-0.25, -0.2) is 0 Å². The number of ketones is 2. The van der Waals surface area contributed by atoms with E-state index in [-0.39, 0.29) is 40.8 Å². The van der Waals surface area contributed by atoms with Crippen molar-refractivity contribution in [1.82, 2.24) is 0 Å². The lowest BCUT2D eigenvalue weighted by Crippen LogP contribution is -2.51. The Morgan fingerprint density at radius 1 is 0.604 bits per heavy atom. The van der Waals surface area contributed by atoms with E-state index in [9.17, 15) is 19.2 Å². The maximum absolute atomic E-state index is 13.6. The molecule has 8 fully saturated rings. The number of allylic oxidation sites excluding steroid dienone is 2. The summed E-state index contributed by atoms with van der Waals surface area (Å²) in [5.74, 6) is 4.58. The molecule has 0 amide bonds. The van der Waals surface area contributed by atoms with Gasteiger partial charge in [0.25, 0.3) is 0 Å². The molecule has 53 heavy (non-hydrogen) atoms. The Balaban J connectivity index is 0.863. The molecule has 0 N–H and O–H groups in total. The molecule has 0 saturated heterocycles. The van der Waals surface area contributed by atoms with Gasteiger partial charge in [0.1, 0.15) is 0 Å². The molecule has 0 aliphatic heterocycles. The van der Waals surface area contributed by atoms with Gasteiger partial charge in [-0.1, -0.05) is 31.2 Å². The highest BCUT2D eigenvalue weighted by molar-refractivity contribution is 6.11. The van der Waals surface area contributed by atoms with Gasteiger partial charge in [-0.05, 0) is 167 Å². The van der Waals surface area contributed by atoms with Crippen LogP contribution in [0, 0.1) is 46.3 Å². The third-order valence-electron chi connectivity index (χ3n) is 13.2. The lowest BCUT2D eigenvalue weighted by atomic mass is 9.49. The average molecular weight is 721 g/mol. The van der Waals surface area contributed by atoms with Gasteiger partial charge in [0.2, 0.25) is 0 Å². The molecule has 8 bridgehead atoms. The number of carbonyl (C=O) groups is 4. The summed E-state index contributed by atoms with van der Waals surface area (Å²) in [4.78, 5) is 52.6. The van der Waals surface area contributed by atoms with Gasteiger partial charge in [0.15, 0.2) is 34.6 Å². The fourth-order valence-corrected chi connectivity index (χ4v) is 11.7. The van der Waals surface area contributed by atoms with Crippen molar-refractivity contribution < 1.29 is 38.1 Å². The van der Waals surface area contributed by atoms with Crippen LogP contribution in [0.4, 0.5) is 0 Å². The van der Waals surface area contributed by atoms with Crippen molar-refractivity contribution in [2.24, 2.45) is 46.3 Å². The van der Waals surface area contributed by atoms with Gasteiger partial charge >= 0.3 is 11.9 Å². The third kappa shape index (κ3) is 7.48. The zero-order valence-corrected chi connectivity index (χ0v) is 31.1. The number of ether oxygens (including phenoxy) is 4. The standard InChI is InChI=1S/C45H52O8/c1-3-12-51-41-20-29(7-11-39(41)53-43(49)45-25-33-16-34(26-45)18-35(17-33)27-45)5-9-37(47)21-36(46)8-4-28-6-10-38(40(19-28)50-2)52-42(48)44-22-30-13-31(23-44)15-32(14-30)24-44/h4-11,19-20,30-35H,3,12-18,21-27H2,1-2H3/b8-4+,9-5+. The van der Waals surface area contributed by atoms with Crippen LogP contribution in [0.15, 0.2) is 48.6 Å². The first-order valence-corrected chi connectivity index (χ1v) is 19.9. The second-order valence-electron chi connectivity index (χ2n) is 17.4. The molecule has 10 rings (SSSR count). The molecule has 0 heterocycles. The average Bonchev–Trinajstić information content (AvgIpc) is 3.12. The Morgan fingerprint density at radius 3 is 1.40 bits per heavy atom. The predicted octanol–water partition coefficient (Wildman–Crippen LogP) is 8.98. The molecule has 0 spiro atoms. The molecule has 280 valence electrons. The molecule has 2 aromatic rings. The van der Waals surface area contributed by atoms with Crippen LogP contribution in [-0.2, 0) is 19.2 Å². The third-order valence-corrected chi connectivity index (χ3v) is 13.2. The zero-order chi connectivity index (χ0) is 36.7. The Morgan fingerprint density at radius 2 is 1.00 bits per heavy atom. The summed E-state index contributed by atoms with van der Waals surface area (Å²) in [6.07, 6.45) is 19.6. The zero-order valence-electron chi connectivity index (χ0n) is 31.1. The van der Waals surface area contributed by atoms with Gasteiger partial charge in [0.05, 0.1) is 31.0 Å². The summed E-state index contributed by atoms with van der Waals surface area (Å²) in [6, 6.07) is 10.5. The number of hydrogen-bond acceptors (Lipinski definition) is 8. The molecule has 0 atom stereocenters. The molecule has 8 aliphatic rings. The quantitative estimate of drug-likeness (QED) is 0.0825. The van der Waals surface area contributed by atoms with Crippen LogP contribution in [0.25, 0.3) is 12.2 Å². The van der Waals surface area contributed by atoms with Crippen LogP contribution in [0.2, 0.25) is 0 Å². The summed E-state index contributed by atoms with van der Waals surface area (Å²) >= 11 is 0. The maximum atomic E-state index is 13.6. The highest BCUT2D eigenvalue weighted by Crippen LogP contribution is 2.61. The minimum absolute atomic E-state index is 0.131. The van der Waals surface area contributed by atoms with Gasteiger partial charge in [0, 0.05) is 0 Å². The van der Waals surface area contributed by atoms with Crippen molar-refractivity contribution in [3.05, 3.63) is 59.7 Å². The topological polar surface area (TPSA) is 105 Å². The van der Waals surface area contributed by atoms with Crippen LogP contribution in [0.1, 0.15) is 108 Å². The van der Waals surface area contributed by atoms with E-state index in [1.165, 1.54) is 57.8 Å². The van der Waals surface area contributed by atoms with E-state index in [1.807, 2.05) is 6.92 Å². The first-order valence-electron chi connectivity index (χ1n) is 19.9. The van der Waals surface area contributed by atoms with E-state index in [1.54, 1.807) is 48.6 Å². The summed E-state index contributed by atoms with van der Waals surface area (Å²) in [5, 5.41) is 0. The largest absolute Gasteiger partial charge is 0.493 e. The lowest BCUT2D eigenvalue weighted by Gasteiger charge is -2.55. The monoisotopic (exact) mass is 720 g/mol. The second-order valence-corrected chi connectivity index (χ2v) is 17.4. The molecule has 8 heteroatoms. The van der Waals surface area contributed by atoms with Crippen molar-refractivity contribution in [2.45, 2.75) is 96.8 Å². The summed E-state index contributed by atoms with van der Waals surface area (Å²) < 4.78 is 23.6. The summed E-state index contributed by atoms with van der Waals surface area (Å²) in [7, 11) is 1.53. The van der Waals surface area contributed by atoms with Gasteiger partial charge in [-0.3, -0.25) is 19.2 Å². The van der Waals surface area contributed by atoms with Crippen molar-refractivity contribution in [3.8, 4) is 23.0 Å². The fraction of sp³-hybridized carbons (Fsp3) is 0.556. The normalized spacial score (nSPS) is 32.0. The molecule has 0 unspecified atom stereocenters. The van der Waals surface area contributed by atoms with E-state index in [2.05, 4.69) is 0 Å². The van der Waals surface area contributed by atoms with Crippen LogP contribution >= 0.6 is 0 Å². The van der Waals surface area contributed by atoms with E-state index in [0.29, 0.717) is 76.2 Å². The van der Waals surface area contributed by atoms with Crippen LogP contribution in [0.5, 0.6) is 23.0 Å². The molecule has 8 nitrogen and oxygen atoms in total. The maximum Gasteiger partial charge on any atom is 0.317 e. The van der Waals surface area contributed by atoms with Gasteiger partial charge < -0.3 is 18.9 Å². The molecule has 0 radical (unpaired) electrons. The Kier molecular flexibility index (Phi) is 9.84. The highest BCUT2D eigenvalue weighted by atomic mass is 16.6. The van der Waals surface area contributed by atoms with Crippen molar-refractivity contribution in [3.63, 3.8) is 0 Å². The molecule has 8 aliphatic carbocycles. The minimum Gasteiger partial charge on any atom is -0.493 e. The number of hydrogen-bond donors (Lipinski definition) is 0. The minimum atomic E-state index is -0.374. The first kappa shape index (κ1) is 35.8. The summed E-state index contributed by atoms with van der Waals surface area (Å²) in [6.45, 7) is 2.48. The molecule has 2 aromatic carbocycles. The first-order chi connectivity index (χ1) is 25.6. The number of methoxy groups -OCH3 is 1. The van der Waals surface area contributed by atoms with Crippen LogP contribution < -0.4 is 18.9 Å². The van der Waals surface area contributed by atoms with Crippen LogP contribution in [-0.4, -0.2) is 37.2 Å². The predicted molar refractivity (Wildman–Crippen MR) is 200 cm³/mol. The molecule has 0 aromatic heterocycles. The van der Waals surface area contributed by atoms with Gasteiger partial charge in [-0.15, -0.1) is 0 Å².